The quantitative estimate of drug-likeness (QED) is 0.794. The van der Waals surface area contributed by atoms with Gasteiger partial charge in [-0.3, -0.25) is 4.79 Å². The molecule has 0 bridgehead atoms. The Morgan fingerprint density at radius 1 is 1.79 bits per heavy atom. The van der Waals surface area contributed by atoms with Crippen LogP contribution in [0.3, 0.4) is 0 Å². The molecule has 1 aromatic heterocycles. The Balaban J connectivity index is 2.75. The summed E-state index contributed by atoms with van der Waals surface area (Å²) in [5.41, 5.74) is 0. The van der Waals surface area contributed by atoms with Crippen LogP contribution in [0, 0.1) is 6.92 Å². The molecule has 0 saturated carbocycles. The van der Waals surface area contributed by atoms with Crippen molar-refractivity contribution in [3.63, 3.8) is 0 Å². The van der Waals surface area contributed by atoms with E-state index in [9.17, 15) is 4.79 Å². The number of halogens is 1. The van der Waals surface area contributed by atoms with Gasteiger partial charge in [0, 0.05) is 18.4 Å². The zero-order valence-electron chi connectivity index (χ0n) is 8.45. The summed E-state index contributed by atoms with van der Waals surface area (Å²) in [7, 11) is 1.81. The molecule has 1 heterocycles. The number of hydrogen-bond donors (Lipinski definition) is 0. The molecule has 1 amide bonds. The van der Waals surface area contributed by atoms with E-state index in [4.69, 9.17) is 0 Å². The smallest absolute Gasteiger partial charge is 0.265 e. The molecule has 0 fully saturated rings. The summed E-state index contributed by atoms with van der Waals surface area (Å²) < 4.78 is 0. The Morgan fingerprint density at radius 3 is 2.86 bits per heavy atom. The van der Waals surface area contributed by atoms with Crippen LogP contribution in [0.2, 0.25) is 0 Å². The second-order valence-electron chi connectivity index (χ2n) is 3.16. The van der Waals surface area contributed by atoms with E-state index in [-0.39, 0.29) is 11.9 Å². The fraction of sp³-hybridized carbons (Fsp3) is 0.556. The molecule has 14 heavy (non-hydrogen) atoms. The monoisotopic (exact) mass is 276 g/mol. The minimum atomic E-state index is 0.0440. The van der Waals surface area contributed by atoms with E-state index in [1.54, 1.807) is 11.1 Å². The molecule has 0 spiro atoms. The van der Waals surface area contributed by atoms with Crippen molar-refractivity contribution in [2.45, 2.75) is 19.9 Å². The number of thiazole rings is 1. The normalized spacial score (nSPS) is 12.6. The molecule has 0 N–H and O–H groups in total. The van der Waals surface area contributed by atoms with Gasteiger partial charge in [0.1, 0.15) is 4.88 Å². The van der Waals surface area contributed by atoms with Gasteiger partial charge >= 0.3 is 0 Å². The zero-order chi connectivity index (χ0) is 10.7. The summed E-state index contributed by atoms with van der Waals surface area (Å²) in [5, 5.41) is 1.71. The van der Waals surface area contributed by atoms with Crippen molar-refractivity contribution in [3.05, 3.63) is 16.1 Å². The summed E-state index contributed by atoms with van der Waals surface area (Å²) in [6.45, 7) is 3.90. The largest absolute Gasteiger partial charge is 0.337 e. The highest BCUT2D eigenvalue weighted by Gasteiger charge is 2.18. The first-order valence-electron chi connectivity index (χ1n) is 4.31. The molecule has 78 valence electrons. The van der Waals surface area contributed by atoms with Crippen LogP contribution in [-0.4, -0.2) is 34.2 Å². The van der Waals surface area contributed by atoms with Crippen LogP contribution in [0.5, 0.6) is 0 Å². The first kappa shape index (κ1) is 11.7. The van der Waals surface area contributed by atoms with Gasteiger partial charge in [0.05, 0.1) is 11.2 Å². The molecule has 1 unspecified atom stereocenters. The first-order chi connectivity index (χ1) is 6.56. The maximum Gasteiger partial charge on any atom is 0.265 e. The van der Waals surface area contributed by atoms with E-state index in [0.29, 0.717) is 4.88 Å². The van der Waals surface area contributed by atoms with Crippen LogP contribution in [0.4, 0.5) is 0 Å². The van der Waals surface area contributed by atoms with Gasteiger partial charge in [-0.05, 0) is 13.8 Å². The average molecular weight is 277 g/mol. The molecule has 3 nitrogen and oxygen atoms in total. The van der Waals surface area contributed by atoms with Crippen molar-refractivity contribution >= 4 is 33.2 Å². The Hall–Kier alpha value is -0.420. The van der Waals surface area contributed by atoms with Gasteiger partial charge in [-0.1, -0.05) is 15.9 Å². The van der Waals surface area contributed by atoms with Gasteiger partial charge in [0.15, 0.2) is 0 Å². The SMILES string of the molecule is Cc1ncc(C(=O)N(C)C(C)CBr)s1. The fourth-order valence-electron chi connectivity index (χ4n) is 0.938. The van der Waals surface area contributed by atoms with Crippen LogP contribution in [-0.2, 0) is 0 Å². The molecule has 0 aromatic carbocycles. The lowest BCUT2D eigenvalue weighted by Gasteiger charge is -2.22. The predicted molar refractivity (Wildman–Crippen MR) is 62.2 cm³/mol. The summed E-state index contributed by atoms with van der Waals surface area (Å²) in [5.74, 6) is 0.0440. The van der Waals surface area contributed by atoms with E-state index in [1.807, 2.05) is 20.9 Å². The summed E-state index contributed by atoms with van der Waals surface area (Å²) >= 11 is 4.79. The lowest BCUT2D eigenvalue weighted by atomic mass is 10.3. The Labute approximate surface area is 96.3 Å². The standard InChI is InChI=1S/C9H13BrN2OS/c1-6(4-10)12(3)9(13)8-5-11-7(2)14-8/h5-6H,4H2,1-3H3. The molecule has 1 rings (SSSR count). The van der Waals surface area contributed by atoms with E-state index in [2.05, 4.69) is 20.9 Å². The van der Waals surface area contributed by atoms with Crippen molar-refractivity contribution in [1.82, 2.24) is 9.88 Å². The predicted octanol–water partition coefficient (Wildman–Crippen LogP) is 2.31. The van der Waals surface area contributed by atoms with Crippen LogP contribution in [0.25, 0.3) is 0 Å². The van der Waals surface area contributed by atoms with E-state index in [0.717, 1.165) is 10.3 Å². The molecule has 0 radical (unpaired) electrons. The van der Waals surface area contributed by atoms with E-state index < -0.39 is 0 Å². The molecule has 0 saturated heterocycles. The highest BCUT2D eigenvalue weighted by molar-refractivity contribution is 9.09. The highest BCUT2D eigenvalue weighted by atomic mass is 79.9. The van der Waals surface area contributed by atoms with Gasteiger partial charge in [-0.15, -0.1) is 11.3 Å². The number of carbonyl (C=O) groups excluding carboxylic acids is 1. The molecule has 1 atom stereocenters. The third-order valence-electron chi connectivity index (χ3n) is 2.04. The van der Waals surface area contributed by atoms with Crippen LogP contribution in [0.15, 0.2) is 6.20 Å². The highest BCUT2D eigenvalue weighted by Crippen LogP contribution is 2.15. The number of alkyl halides is 1. The maximum atomic E-state index is 11.8. The average Bonchev–Trinajstić information content (AvgIpc) is 2.61. The van der Waals surface area contributed by atoms with E-state index in [1.165, 1.54) is 11.3 Å². The zero-order valence-corrected chi connectivity index (χ0v) is 10.9. The van der Waals surface area contributed by atoms with E-state index >= 15 is 0 Å². The summed E-state index contributed by atoms with van der Waals surface area (Å²) in [6.07, 6.45) is 1.64. The molecule has 0 aliphatic heterocycles. The van der Waals surface area contributed by atoms with Crippen molar-refractivity contribution in [3.8, 4) is 0 Å². The summed E-state index contributed by atoms with van der Waals surface area (Å²) in [4.78, 5) is 18.3. The number of carbonyl (C=O) groups is 1. The number of rotatable bonds is 3. The van der Waals surface area contributed by atoms with Gasteiger partial charge in [-0.2, -0.15) is 0 Å². The van der Waals surface area contributed by atoms with Crippen LogP contribution in [0.1, 0.15) is 21.6 Å². The van der Waals surface area contributed by atoms with Crippen molar-refractivity contribution in [1.29, 1.82) is 0 Å². The molecular formula is C9H13BrN2OS. The minimum absolute atomic E-state index is 0.0440. The topological polar surface area (TPSA) is 33.2 Å². The molecular weight excluding hydrogens is 264 g/mol. The third kappa shape index (κ3) is 2.54. The number of aromatic nitrogens is 1. The number of amides is 1. The van der Waals surface area contributed by atoms with Crippen LogP contribution < -0.4 is 0 Å². The molecule has 0 aliphatic carbocycles. The summed E-state index contributed by atoms with van der Waals surface area (Å²) in [6, 6.07) is 0.199. The lowest BCUT2D eigenvalue weighted by molar-refractivity contribution is 0.0763. The Kier molecular flexibility index (Phi) is 4.07. The second kappa shape index (κ2) is 4.89. The van der Waals surface area contributed by atoms with Crippen LogP contribution >= 0.6 is 27.3 Å². The van der Waals surface area contributed by atoms with Gasteiger partial charge < -0.3 is 4.90 Å². The Bertz CT molecular complexity index is 326. The Morgan fingerprint density at radius 2 is 2.43 bits per heavy atom. The van der Waals surface area contributed by atoms with Crippen molar-refractivity contribution in [2.75, 3.05) is 12.4 Å². The van der Waals surface area contributed by atoms with Gasteiger partial charge in [0.2, 0.25) is 0 Å². The molecule has 1 aromatic rings. The first-order valence-corrected chi connectivity index (χ1v) is 6.25. The number of nitrogens with zero attached hydrogens (tertiary/aromatic N) is 2. The molecule has 0 aliphatic rings. The minimum Gasteiger partial charge on any atom is -0.337 e. The number of aryl methyl sites for hydroxylation is 1. The maximum absolute atomic E-state index is 11.8. The fourth-order valence-corrected chi connectivity index (χ4v) is 2.13. The third-order valence-corrected chi connectivity index (χ3v) is 3.87. The van der Waals surface area contributed by atoms with Crippen molar-refractivity contribution in [2.24, 2.45) is 0 Å². The van der Waals surface area contributed by atoms with Crippen molar-refractivity contribution < 1.29 is 4.79 Å². The lowest BCUT2D eigenvalue weighted by Crippen LogP contribution is -2.35. The van der Waals surface area contributed by atoms with Gasteiger partial charge in [0.25, 0.3) is 5.91 Å². The molecule has 5 heteroatoms. The van der Waals surface area contributed by atoms with Gasteiger partial charge in [-0.25, -0.2) is 4.98 Å². The number of hydrogen-bond acceptors (Lipinski definition) is 3. The second-order valence-corrected chi connectivity index (χ2v) is 5.05.